The van der Waals surface area contributed by atoms with Crippen LogP contribution in [0.15, 0.2) is 48.0 Å². The van der Waals surface area contributed by atoms with E-state index >= 15 is 0 Å². The van der Waals surface area contributed by atoms with Gasteiger partial charge in [-0.2, -0.15) is 0 Å². The van der Waals surface area contributed by atoms with E-state index in [0.29, 0.717) is 31.9 Å². The fraction of sp³-hybridized carbons (Fsp3) is 0.217. The molecule has 2 aliphatic rings. The van der Waals surface area contributed by atoms with Gasteiger partial charge in [-0.25, -0.2) is 9.69 Å². The molecular weight excluding hydrogens is 478 g/mol. The molecule has 2 aromatic rings. The third kappa shape index (κ3) is 4.85. The van der Waals surface area contributed by atoms with Gasteiger partial charge in [-0.15, -0.1) is 0 Å². The molecule has 0 radical (unpaired) electrons. The summed E-state index contributed by atoms with van der Waals surface area (Å²) in [5, 5.41) is 13.8. The Morgan fingerprint density at radius 2 is 1.80 bits per heavy atom. The molecule has 11 nitrogen and oxygen atoms in total. The number of imide groups is 2. The summed E-state index contributed by atoms with van der Waals surface area (Å²) in [4.78, 5) is 65.2. The molecule has 2 heterocycles. The van der Waals surface area contributed by atoms with Gasteiger partial charge in [0.05, 0.1) is 10.6 Å². The molecule has 2 fully saturated rings. The highest BCUT2D eigenvalue weighted by atomic mass is 35.5. The number of hydrogen-bond acceptors (Lipinski definition) is 7. The Bertz CT molecular complexity index is 1280. The molecule has 2 aromatic carbocycles. The normalized spacial score (nSPS) is 17.6. The number of nitro benzene ring substituents is 1. The largest absolute Gasteiger partial charge is 0.367 e. The number of nitro groups is 1. The number of urea groups is 1. The Balaban J connectivity index is 1.75. The molecule has 0 bridgehead atoms. The number of non-ortho nitro benzene ring substituents is 1. The first-order valence-electron chi connectivity index (χ1n) is 10.6. The van der Waals surface area contributed by atoms with Crippen LogP contribution in [0, 0.1) is 10.1 Å². The minimum atomic E-state index is -0.931. The minimum absolute atomic E-state index is 0.0501. The lowest BCUT2D eigenvalue weighted by atomic mass is 10.0. The van der Waals surface area contributed by atoms with Gasteiger partial charge in [-0.3, -0.25) is 29.8 Å². The van der Waals surface area contributed by atoms with E-state index in [0.717, 1.165) is 4.90 Å². The van der Waals surface area contributed by atoms with Crippen molar-refractivity contribution in [2.45, 2.75) is 6.92 Å². The van der Waals surface area contributed by atoms with Gasteiger partial charge < -0.3 is 9.80 Å². The maximum absolute atomic E-state index is 13.2. The number of nitrogens with one attached hydrogen (secondary N) is 1. The molecule has 0 aromatic heterocycles. The van der Waals surface area contributed by atoms with Gasteiger partial charge in [0.25, 0.3) is 17.5 Å². The van der Waals surface area contributed by atoms with Crippen LogP contribution in [0.1, 0.15) is 12.5 Å². The molecule has 0 saturated carbocycles. The fourth-order valence-electron chi connectivity index (χ4n) is 3.98. The van der Waals surface area contributed by atoms with Crippen LogP contribution in [-0.2, 0) is 14.4 Å². The molecule has 180 valence electrons. The van der Waals surface area contributed by atoms with Crippen molar-refractivity contribution >= 4 is 58.5 Å². The number of nitrogens with zero attached hydrogens (tertiary/aromatic N) is 4. The molecule has 35 heavy (non-hydrogen) atoms. The maximum atomic E-state index is 13.2. The van der Waals surface area contributed by atoms with E-state index in [1.807, 2.05) is 4.90 Å². The van der Waals surface area contributed by atoms with Gasteiger partial charge in [0.1, 0.15) is 5.57 Å². The van der Waals surface area contributed by atoms with Crippen molar-refractivity contribution in [2.75, 3.05) is 36.0 Å². The van der Waals surface area contributed by atoms with Crippen molar-refractivity contribution < 1.29 is 24.1 Å². The number of benzene rings is 2. The predicted molar refractivity (Wildman–Crippen MR) is 128 cm³/mol. The Kier molecular flexibility index (Phi) is 6.52. The second-order valence-corrected chi connectivity index (χ2v) is 8.37. The maximum Gasteiger partial charge on any atom is 0.335 e. The molecule has 12 heteroatoms. The zero-order valence-corrected chi connectivity index (χ0v) is 19.3. The van der Waals surface area contributed by atoms with E-state index in [9.17, 15) is 29.3 Å². The molecule has 2 aliphatic heterocycles. The third-order valence-electron chi connectivity index (χ3n) is 5.76. The number of halogens is 1. The Hall–Kier alpha value is -4.25. The van der Waals surface area contributed by atoms with Crippen LogP contribution in [0.4, 0.5) is 21.9 Å². The number of barbiturate groups is 1. The van der Waals surface area contributed by atoms with Gasteiger partial charge in [-0.05, 0) is 30.3 Å². The summed E-state index contributed by atoms with van der Waals surface area (Å²) in [5.41, 5.74) is 0.383. The van der Waals surface area contributed by atoms with Crippen LogP contribution >= 0.6 is 11.6 Å². The van der Waals surface area contributed by atoms with Crippen LogP contribution in [0.5, 0.6) is 0 Å². The molecule has 0 spiro atoms. The van der Waals surface area contributed by atoms with Crippen molar-refractivity contribution in [3.63, 3.8) is 0 Å². The summed E-state index contributed by atoms with van der Waals surface area (Å²) in [7, 11) is 0. The SMILES string of the molecule is CC(=O)N1CCN(c2ccc([N+](=O)[O-])cc2/C=C2/C(=O)NC(=O)N(c3cccc(Cl)c3)C2=O)CC1. The van der Waals surface area contributed by atoms with Crippen LogP contribution in [0.25, 0.3) is 6.08 Å². The van der Waals surface area contributed by atoms with Crippen molar-refractivity contribution in [1.29, 1.82) is 0 Å². The summed E-state index contributed by atoms with van der Waals surface area (Å²) in [5.74, 6) is -1.86. The Morgan fingerprint density at radius 3 is 2.43 bits per heavy atom. The van der Waals surface area contributed by atoms with E-state index in [2.05, 4.69) is 5.32 Å². The molecule has 1 N–H and O–H groups in total. The molecule has 4 rings (SSSR count). The van der Waals surface area contributed by atoms with Gasteiger partial charge in [0, 0.05) is 61.5 Å². The lowest BCUT2D eigenvalue weighted by Gasteiger charge is -2.36. The van der Waals surface area contributed by atoms with Gasteiger partial charge in [0.2, 0.25) is 5.91 Å². The van der Waals surface area contributed by atoms with Crippen LogP contribution in [0.2, 0.25) is 5.02 Å². The van der Waals surface area contributed by atoms with E-state index in [1.54, 1.807) is 23.1 Å². The minimum Gasteiger partial charge on any atom is -0.367 e. The number of carbonyl (C=O) groups excluding carboxylic acids is 4. The van der Waals surface area contributed by atoms with E-state index in [4.69, 9.17) is 11.6 Å². The summed E-state index contributed by atoms with van der Waals surface area (Å²) >= 11 is 5.99. The van der Waals surface area contributed by atoms with Crippen molar-refractivity contribution in [3.8, 4) is 0 Å². The predicted octanol–water partition coefficient (Wildman–Crippen LogP) is 2.58. The first-order valence-corrected chi connectivity index (χ1v) is 11.0. The topological polar surface area (TPSA) is 133 Å². The number of carbonyl (C=O) groups is 4. The zero-order valence-electron chi connectivity index (χ0n) is 18.6. The summed E-state index contributed by atoms with van der Waals surface area (Å²) in [6, 6.07) is 9.22. The summed E-state index contributed by atoms with van der Waals surface area (Å²) in [6.07, 6.45) is 1.24. The molecule has 0 atom stereocenters. The number of hydrogen-bond donors (Lipinski definition) is 1. The highest BCUT2D eigenvalue weighted by Crippen LogP contribution is 2.30. The average molecular weight is 498 g/mol. The van der Waals surface area contributed by atoms with Gasteiger partial charge in [0.15, 0.2) is 0 Å². The average Bonchev–Trinajstić information content (AvgIpc) is 2.81. The number of rotatable bonds is 4. The second-order valence-electron chi connectivity index (χ2n) is 7.93. The van der Waals surface area contributed by atoms with Crippen LogP contribution < -0.4 is 15.1 Å². The molecular formula is C23H20ClN5O6. The quantitative estimate of drug-likeness (QED) is 0.297. The molecule has 5 amide bonds. The molecule has 2 saturated heterocycles. The second kappa shape index (κ2) is 9.55. The highest BCUT2D eigenvalue weighted by molar-refractivity contribution is 6.39. The fourth-order valence-corrected chi connectivity index (χ4v) is 4.17. The van der Waals surface area contributed by atoms with E-state index < -0.39 is 22.8 Å². The van der Waals surface area contributed by atoms with E-state index in [-0.39, 0.29) is 33.4 Å². The van der Waals surface area contributed by atoms with Crippen molar-refractivity contribution in [3.05, 3.63) is 68.7 Å². The monoisotopic (exact) mass is 497 g/mol. The Labute approximate surface area is 204 Å². The Morgan fingerprint density at radius 1 is 1.09 bits per heavy atom. The third-order valence-corrected chi connectivity index (χ3v) is 5.99. The highest BCUT2D eigenvalue weighted by Gasteiger charge is 2.37. The first-order chi connectivity index (χ1) is 16.7. The van der Waals surface area contributed by atoms with Crippen molar-refractivity contribution in [1.82, 2.24) is 10.2 Å². The standard InChI is InChI=1S/C23H20ClN5O6/c1-14(30)26-7-9-27(10-8-26)20-6-5-18(29(34)35)11-15(20)12-19-21(31)25-23(33)28(22(19)32)17-4-2-3-16(24)13-17/h2-6,11-13H,7-10H2,1H3,(H,25,31,33)/b19-12-. The number of piperazine rings is 1. The molecule has 0 aliphatic carbocycles. The summed E-state index contributed by atoms with van der Waals surface area (Å²) in [6.45, 7) is 3.32. The lowest BCUT2D eigenvalue weighted by molar-refractivity contribution is -0.384. The van der Waals surface area contributed by atoms with Crippen molar-refractivity contribution in [2.24, 2.45) is 0 Å². The summed E-state index contributed by atoms with van der Waals surface area (Å²) < 4.78 is 0. The van der Waals surface area contributed by atoms with Crippen LogP contribution in [-0.4, -0.2) is 59.8 Å². The first kappa shape index (κ1) is 23.9. The lowest BCUT2D eigenvalue weighted by Crippen LogP contribution is -2.54. The van der Waals surface area contributed by atoms with Gasteiger partial charge in [-0.1, -0.05) is 17.7 Å². The zero-order chi connectivity index (χ0) is 25.3. The van der Waals surface area contributed by atoms with Gasteiger partial charge >= 0.3 is 6.03 Å². The smallest absolute Gasteiger partial charge is 0.335 e. The molecule has 0 unspecified atom stereocenters. The number of amides is 5. The number of anilines is 2. The van der Waals surface area contributed by atoms with E-state index in [1.165, 1.54) is 37.3 Å². The van der Waals surface area contributed by atoms with Crippen LogP contribution in [0.3, 0.4) is 0 Å².